The van der Waals surface area contributed by atoms with Gasteiger partial charge in [0.05, 0.1) is 0 Å². The second-order valence-corrected chi connectivity index (χ2v) is 9.78. The van der Waals surface area contributed by atoms with Crippen LogP contribution in [0.5, 0.6) is 0 Å². The molecule has 4 nitrogen and oxygen atoms in total. The Morgan fingerprint density at radius 1 is 1.18 bits per heavy atom. The fourth-order valence-electron chi connectivity index (χ4n) is 6.78. The van der Waals surface area contributed by atoms with Crippen LogP contribution in [0.15, 0.2) is 33.5 Å². The lowest BCUT2D eigenvalue weighted by Crippen LogP contribution is -2.57. The minimum atomic E-state index is -0.590. The number of benzene rings is 1. The predicted octanol–water partition coefficient (Wildman–Crippen LogP) is 5.17. The fourth-order valence-corrected chi connectivity index (χ4v) is 6.96. The first-order valence-corrected chi connectivity index (χ1v) is 10.9. The molecule has 0 unspecified atom stereocenters. The smallest absolute Gasteiger partial charge is 0.349 e. The molecule has 4 saturated carbocycles. The van der Waals surface area contributed by atoms with Gasteiger partial charge in [0.15, 0.2) is 0 Å². The maximum Gasteiger partial charge on any atom is 0.349 e. The first kappa shape index (κ1) is 18.2. The van der Waals surface area contributed by atoms with Crippen molar-refractivity contribution in [1.82, 2.24) is 5.32 Å². The molecule has 1 aromatic heterocycles. The van der Waals surface area contributed by atoms with Crippen LogP contribution in [0.4, 0.5) is 0 Å². The van der Waals surface area contributed by atoms with Gasteiger partial charge >= 0.3 is 5.63 Å². The van der Waals surface area contributed by atoms with Crippen molar-refractivity contribution in [1.29, 1.82) is 0 Å². The third-order valence-corrected chi connectivity index (χ3v) is 7.71. The summed E-state index contributed by atoms with van der Waals surface area (Å²) in [6, 6.07) is 6.77. The van der Waals surface area contributed by atoms with E-state index in [4.69, 9.17) is 16.0 Å². The quantitative estimate of drug-likeness (QED) is 0.721. The third kappa shape index (κ3) is 2.97. The second kappa shape index (κ2) is 6.62. The summed E-state index contributed by atoms with van der Waals surface area (Å²) in [5.41, 5.74) is 0.129. The molecule has 4 aliphatic carbocycles. The van der Waals surface area contributed by atoms with Crippen molar-refractivity contribution < 1.29 is 9.21 Å². The van der Waals surface area contributed by atoms with E-state index in [1.54, 1.807) is 24.3 Å². The number of hydrogen-bond donors (Lipinski definition) is 1. The largest absolute Gasteiger partial charge is 0.422 e. The van der Waals surface area contributed by atoms with Gasteiger partial charge in [0.25, 0.3) is 5.91 Å². The summed E-state index contributed by atoms with van der Waals surface area (Å²) in [5, 5.41) is 4.44. The van der Waals surface area contributed by atoms with E-state index in [-0.39, 0.29) is 22.9 Å². The Labute approximate surface area is 169 Å². The summed E-state index contributed by atoms with van der Waals surface area (Å²) in [6.07, 6.45) is 8.68. The minimum absolute atomic E-state index is 0.0675. The lowest BCUT2D eigenvalue weighted by atomic mass is 9.47. The molecule has 0 spiro atoms. The topological polar surface area (TPSA) is 59.3 Å². The average molecular weight is 400 g/mol. The van der Waals surface area contributed by atoms with Gasteiger partial charge in [-0.15, -0.1) is 0 Å². The van der Waals surface area contributed by atoms with E-state index in [9.17, 15) is 9.59 Å². The highest BCUT2D eigenvalue weighted by atomic mass is 35.5. The molecule has 28 heavy (non-hydrogen) atoms. The van der Waals surface area contributed by atoms with Gasteiger partial charge in [-0.05, 0) is 92.4 Å². The van der Waals surface area contributed by atoms with E-state index in [0.717, 1.165) is 24.2 Å². The summed E-state index contributed by atoms with van der Waals surface area (Å²) in [5.74, 6) is 2.15. The summed E-state index contributed by atoms with van der Waals surface area (Å²) in [6.45, 7) is 2.15. The molecule has 2 aromatic rings. The molecule has 1 aromatic carbocycles. The number of nitrogens with one attached hydrogen (secondary N) is 1. The Hall–Kier alpha value is -1.81. The van der Waals surface area contributed by atoms with Crippen LogP contribution in [0.1, 0.15) is 62.2 Å². The van der Waals surface area contributed by atoms with E-state index in [0.29, 0.717) is 16.0 Å². The van der Waals surface area contributed by atoms with Crippen molar-refractivity contribution in [3.05, 3.63) is 45.3 Å². The lowest BCUT2D eigenvalue weighted by Gasteiger charge is -2.59. The van der Waals surface area contributed by atoms with Crippen molar-refractivity contribution in [2.75, 3.05) is 0 Å². The molecule has 1 N–H and O–H groups in total. The van der Waals surface area contributed by atoms with Crippen molar-refractivity contribution >= 4 is 28.5 Å². The zero-order valence-electron chi connectivity index (χ0n) is 16.2. The number of fused-ring (bicyclic) bond motifs is 1. The molecule has 4 bridgehead atoms. The van der Waals surface area contributed by atoms with Gasteiger partial charge in [0.1, 0.15) is 11.1 Å². The number of carbonyl (C=O) groups excluding carboxylic acids is 1. The number of hydrogen-bond acceptors (Lipinski definition) is 3. The van der Waals surface area contributed by atoms with Gasteiger partial charge in [-0.25, -0.2) is 4.79 Å². The minimum Gasteiger partial charge on any atom is -0.422 e. The van der Waals surface area contributed by atoms with Crippen LogP contribution in [-0.4, -0.2) is 11.9 Å². The van der Waals surface area contributed by atoms with Gasteiger partial charge < -0.3 is 9.73 Å². The van der Waals surface area contributed by atoms with Crippen molar-refractivity contribution in [2.24, 2.45) is 23.2 Å². The summed E-state index contributed by atoms with van der Waals surface area (Å²) in [4.78, 5) is 25.5. The maximum absolute atomic E-state index is 13.1. The van der Waals surface area contributed by atoms with Crippen LogP contribution in [-0.2, 0) is 0 Å². The Morgan fingerprint density at radius 2 is 1.82 bits per heavy atom. The number of rotatable bonds is 4. The normalized spacial score (nSPS) is 31.9. The predicted molar refractivity (Wildman–Crippen MR) is 110 cm³/mol. The number of halogens is 1. The average Bonchev–Trinajstić information content (AvgIpc) is 2.64. The van der Waals surface area contributed by atoms with Gasteiger partial charge in [-0.3, -0.25) is 4.79 Å². The summed E-state index contributed by atoms with van der Waals surface area (Å²) >= 11 is 6.05. The molecule has 1 amide bonds. The second-order valence-electron chi connectivity index (χ2n) is 9.34. The Bertz CT molecular complexity index is 960. The first-order valence-electron chi connectivity index (χ1n) is 10.5. The Kier molecular flexibility index (Phi) is 4.31. The number of amides is 1. The molecule has 6 rings (SSSR count). The highest BCUT2D eigenvalue weighted by molar-refractivity contribution is 6.31. The van der Waals surface area contributed by atoms with Crippen LogP contribution < -0.4 is 10.9 Å². The lowest BCUT2D eigenvalue weighted by molar-refractivity contribution is -0.0727. The monoisotopic (exact) mass is 399 g/mol. The molecule has 0 aliphatic heterocycles. The van der Waals surface area contributed by atoms with Crippen LogP contribution >= 0.6 is 11.6 Å². The van der Waals surface area contributed by atoms with E-state index < -0.39 is 5.63 Å². The van der Waals surface area contributed by atoms with E-state index in [1.165, 1.54) is 38.5 Å². The molecular formula is C23H26ClNO3. The Balaban J connectivity index is 1.43. The van der Waals surface area contributed by atoms with Gasteiger partial charge in [-0.1, -0.05) is 18.5 Å². The summed E-state index contributed by atoms with van der Waals surface area (Å²) < 4.78 is 5.36. The molecule has 0 saturated heterocycles. The first-order chi connectivity index (χ1) is 13.5. The molecule has 1 heterocycles. The molecule has 4 fully saturated rings. The summed E-state index contributed by atoms with van der Waals surface area (Å²) in [7, 11) is 0. The fraction of sp³-hybridized carbons (Fsp3) is 0.565. The van der Waals surface area contributed by atoms with E-state index in [1.807, 2.05) is 0 Å². The maximum atomic E-state index is 13.1. The highest BCUT2D eigenvalue weighted by Crippen LogP contribution is 2.61. The SMILES string of the molecule is CC[C@H](NC(=O)c1cc2cc(Cl)ccc2oc1=O)C12CC3CC(CC(C3)C1)C2. The zero-order chi connectivity index (χ0) is 19.5. The standard InChI is InChI=1S/C23H26ClNO3/c1-2-20(23-10-13-5-14(11-23)7-15(6-13)12-23)25-21(26)18-9-16-8-17(24)3-4-19(16)28-22(18)27/h3-4,8-9,13-15,20H,2,5-7,10-12H2,1H3,(H,25,26)/t13?,14?,15?,20-,23?/m0/s1. The molecule has 5 heteroatoms. The van der Waals surface area contributed by atoms with Crippen molar-refractivity contribution in [3.8, 4) is 0 Å². The zero-order valence-corrected chi connectivity index (χ0v) is 16.9. The van der Waals surface area contributed by atoms with E-state index >= 15 is 0 Å². The van der Waals surface area contributed by atoms with Gasteiger partial charge in [0, 0.05) is 16.5 Å². The van der Waals surface area contributed by atoms with Crippen molar-refractivity contribution in [3.63, 3.8) is 0 Å². The molecule has 4 aliphatic rings. The molecule has 148 valence electrons. The number of carbonyl (C=O) groups is 1. The molecule has 0 radical (unpaired) electrons. The van der Waals surface area contributed by atoms with E-state index in [2.05, 4.69) is 12.2 Å². The van der Waals surface area contributed by atoms with Crippen LogP contribution in [0.2, 0.25) is 5.02 Å². The van der Waals surface area contributed by atoms with Crippen LogP contribution in [0, 0.1) is 23.2 Å². The Morgan fingerprint density at radius 3 is 2.43 bits per heavy atom. The van der Waals surface area contributed by atoms with Gasteiger partial charge in [-0.2, -0.15) is 0 Å². The molecular weight excluding hydrogens is 374 g/mol. The third-order valence-electron chi connectivity index (χ3n) is 7.48. The van der Waals surface area contributed by atoms with Crippen molar-refractivity contribution in [2.45, 2.75) is 57.9 Å². The molecule has 1 atom stereocenters. The highest BCUT2D eigenvalue weighted by Gasteiger charge is 2.54. The van der Waals surface area contributed by atoms with Crippen LogP contribution in [0.3, 0.4) is 0 Å². The van der Waals surface area contributed by atoms with Gasteiger partial charge in [0.2, 0.25) is 0 Å². The van der Waals surface area contributed by atoms with Crippen LogP contribution in [0.25, 0.3) is 11.0 Å².